The number of rotatable bonds is 4. The minimum atomic E-state index is -1.95. The van der Waals surface area contributed by atoms with Gasteiger partial charge >= 0.3 is 167 Å². The van der Waals surface area contributed by atoms with E-state index in [1.165, 1.54) is 83.0 Å². The van der Waals surface area contributed by atoms with Crippen molar-refractivity contribution in [1.82, 2.24) is 0 Å². The Balaban J connectivity index is 0.000000171. The molecule has 0 spiro atoms. The molecular formula is C44H44Cl2N2Ru. The second-order valence-corrected chi connectivity index (χ2v) is 19.0. The molecule has 0 bridgehead atoms. The van der Waals surface area contributed by atoms with E-state index in [4.69, 9.17) is 19.4 Å². The van der Waals surface area contributed by atoms with Crippen LogP contribution >= 0.6 is 19.4 Å². The Labute approximate surface area is 305 Å². The van der Waals surface area contributed by atoms with Crippen molar-refractivity contribution in [3.05, 3.63) is 155 Å². The molecule has 2 nitrogen and oxygen atoms in total. The molecule has 0 saturated carbocycles. The first-order valence-corrected chi connectivity index (χ1v) is 22.1. The van der Waals surface area contributed by atoms with Crippen LogP contribution in [0.1, 0.15) is 50.1 Å². The number of halogens is 2. The molecular weight excluding hydrogens is 728 g/mol. The fraction of sp³-hybridized carbons (Fsp3) is 0.205. The van der Waals surface area contributed by atoms with Crippen LogP contribution in [0.15, 0.2) is 91.0 Å². The van der Waals surface area contributed by atoms with Crippen LogP contribution < -0.4 is 9.80 Å². The van der Waals surface area contributed by atoms with Crippen LogP contribution in [0, 0.1) is 62.1 Å². The zero-order valence-corrected chi connectivity index (χ0v) is 32.7. The molecule has 49 heavy (non-hydrogen) atoms. The summed E-state index contributed by atoms with van der Waals surface area (Å²) < 4.78 is 1.99. The maximum atomic E-state index is 6.19. The predicted molar refractivity (Wildman–Crippen MR) is 213 cm³/mol. The predicted octanol–water partition coefficient (Wildman–Crippen LogP) is 12.2. The molecule has 0 N–H and O–H groups in total. The van der Waals surface area contributed by atoms with Gasteiger partial charge in [0.15, 0.2) is 0 Å². The van der Waals surface area contributed by atoms with Crippen LogP contribution in [-0.4, -0.2) is 17.7 Å². The average Bonchev–Trinajstić information content (AvgIpc) is 3.50. The normalized spacial score (nSPS) is 13.1. The SMILES string of the molecule is Cc1cc(C)c(N2[CH-]N(c3c(C)cc(C)cc3C)CC2)c(C)c1.[CH2+]c1c([CH]=[Ru]([Cl])[Cl])cc2ccccc2c1-c1c(C)ccc2ccccc12. The molecule has 6 aromatic rings. The van der Waals surface area contributed by atoms with Crippen LogP contribution in [0.3, 0.4) is 0 Å². The van der Waals surface area contributed by atoms with Gasteiger partial charge in [-0.1, -0.05) is 35.4 Å². The van der Waals surface area contributed by atoms with Crippen LogP contribution in [-0.2, 0) is 13.5 Å². The molecule has 252 valence electrons. The third kappa shape index (κ3) is 7.32. The molecule has 1 aliphatic rings. The van der Waals surface area contributed by atoms with Crippen LogP contribution in [0.4, 0.5) is 11.4 Å². The summed E-state index contributed by atoms with van der Waals surface area (Å²) in [5.41, 5.74) is 16.5. The zero-order chi connectivity index (χ0) is 35.0. The Morgan fingerprint density at radius 3 is 1.57 bits per heavy atom. The topological polar surface area (TPSA) is 6.48 Å². The second kappa shape index (κ2) is 14.7. The number of aryl methyl sites for hydroxylation is 7. The average molecular weight is 773 g/mol. The van der Waals surface area contributed by atoms with Crippen molar-refractivity contribution in [2.75, 3.05) is 22.9 Å². The van der Waals surface area contributed by atoms with E-state index in [0.717, 1.165) is 24.2 Å². The minimum absolute atomic E-state index is 0.989. The third-order valence-electron chi connectivity index (χ3n) is 9.47. The van der Waals surface area contributed by atoms with E-state index in [0.29, 0.717) is 0 Å². The number of anilines is 2. The Morgan fingerprint density at radius 1 is 0.592 bits per heavy atom. The number of hydrogen-bond acceptors (Lipinski definition) is 2. The van der Waals surface area contributed by atoms with Gasteiger partial charge in [0.2, 0.25) is 0 Å². The summed E-state index contributed by atoms with van der Waals surface area (Å²) in [6.07, 6.45) is 0. The van der Waals surface area contributed by atoms with E-state index in [2.05, 4.69) is 163 Å². The van der Waals surface area contributed by atoms with Gasteiger partial charge in [0.1, 0.15) is 0 Å². The van der Waals surface area contributed by atoms with Gasteiger partial charge in [-0.05, 0) is 63.8 Å². The number of hydrogen-bond donors (Lipinski definition) is 0. The summed E-state index contributed by atoms with van der Waals surface area (Å²) in [7, 11) is 12.4. The number of nitrogens with zero attached hydrogens (tertiary/aromatic N) is 2. The van der Waals surface area contributed by atoms with Gasteiger partial charge in [0, 0.05) is 24.5 Å². The van der Waals surface area contributed by atoms with Crippen molar-refractivity contribution in [3.8, 4) is 11.1 Å². The van der Waals surface area contributed by atoms with E-state index in [1.54, 1.807) is 0 Å². The summed E-state index contributed by atoms with van der Waals surface area (Å²) in [4.78, 5) is 4.81. The van der Waals surface area contributed by atoms with Crippen molar-refractivity contribution < 1.29 is 13.5 Å². The first kappa shape index (κ1) is 35.2. The van der Waals surface area contributed by atoms with Gasteiger partial charge in [-0.15, -0.1) is 0 Å². The summed E-state index contributed by atoms with van der Waals surface area (Å²) in [6.45, 7) is 24.2. The van der Waals surface area contributed by atoms with Crippen LogP contribution in [0.2, 0.25) is 0 Å². The fourth-order valence-electron chi connectivity index (χ4n) is 7.67. The van der Waals surface area contributed by atoms with E-state index in [9.17, 15) is 0 Å². The summed E-state index contributed by atoms with van der Waals surface area (Å²) >= 11 is -1.95. The molecule has 0 aromatic heterocycles. The van der Waals surface area contributed by atoms with Gasteiger partial charge in [-0.3, -0.25) is 0 Å². The van der Waals surface area contributed by atoms with Crippen molar-refractivity contribution in [1.29, 1.82) is 0 Å². The molecule has 0 radical (unpaired) electrons. The number of fused-ring (bicyclic) bond motifs is 2. The molecule has 1 fully saturated rings. The first-order valence-electron chi connectivity index (χ1n) is 16.7. The molecule has 1 saturated heterocycles. The van der Waals surface area contributed by atoms with Gasteiger partial charge in [-0.2, -0.15) is 6.67 Å². The van der Waals surface area contributed by atoms with Crippen molar-refractivity contribution in [2.45, 2.75) is 48.5 Å². The standard InChI is InChI=1S/C23H17.C21H27N2.2ClH.Ru/c1-15-12-13-18-8-4-6-10-20(18)22(15)23-17(3)16(2)14-19-9-5-7-11-21(19)23;1-14-9-16(3)20(17(4)10-14)22-7-8-23(13-22)21-18(5)11-15(2)12-19(21)6;;;/h2,4-14H,3H2,1H3;9-13H,7-8H2,1-6H3;2*1H;/q+1;-1;;;+2/p-2. The third-order valence-corrected chi connectivity index (χ3v) is 11.3. The second-order valence-electron chi connectivity index (χ2n) is 13.3. The summed E-state index contributed by atoms with van der Waals surface area (Å²) in [6, 6.07) is 32.6. The summed E-state index contributed by atoms with van der Waals surface area (Å²) in [5.74, 6) is 0. The Kier molecular flexibility index (Phi) is 10.6. The Bertz CT molecular complexity index is 2120. The van der Waals surface area contributed by atoms with Crippen LogP contribution in [0.5, 0.6) is 0 Å². The Hall–Kier alpha value is -3.62. The molecule has 5 heteroatoms. The van der Waals surface area contributed by atoms with E-state index in [-0.39, 0.29) is 0 Å². The van der Waals surface area contributed by atoms with E-state index >= 15 is 0 Å². The molecule has 0 atom stereocenters. The molecule has 0 aliphatic carbocycles. The van der Waals surface area contributed by atoms with Gasteiger partial charge in [0.05, 0.1) is 0 Å². The molecule has 0 unspecified atom stereocenters. The number of benzene rings is 6. The molecule has 1 aliphatic heterocycles. The van der Waals surface area contributed by atoms with E-state index < -0.39 is 13.5 Å². The van der Waals surface area contributed by atoms with Gasteiger partial charge in [0.25, 0.3) is 0 Å². The summed E-state index contributed by atoms with van der Waals surface area (Å²) in [5, 5.41) is 4.85. The molecule has 0 amide bonds. The van der Waals surface area contributed by atoms with Crippen molar-refractivity contribution in [3.63, 3.8) is 0 Å². The van der Waals surface area contributed by atoms with Crippen molar-refractivity contribution >= 4 is 56.9 Å². The first-order chi connectivity index (χ1) is 23.4. The van der Waals surface area contributed by atoms with Crippen molar-refractivity contribution in [2.24, 2.45) is 0 Å². The molecule has 6 aromatic carbocycles. The zero-order valence-electron chi connectivity index (χ0n) is 29.4. The maximum absolute atomic E-state index is 6.19. The quantitative estimate of drug-likeness (QED) is 0.130. The molecule has 1 heterocycles. The molecule has 7 rings (SSSR count). The monoisotopic (exact) mass is 772 g/mol. The van der Waals surface area contributed by atoms with Crippen LogP contribution in [0.25, 0.3) is 32.7 Å². The van der Waals surface area contributed by atoms with Gasteiger partial charge < -0.3 is 9.80 Å². The van der Waals surface area contributed by atoms with E-state index in [1.807, 2.05) is 4.61 Å². The fourth-order valence-corrected chi connectivity index (χ4v) is 9.51. The van der Waals surface area contributed by atoms with Gasteiger partial charge in [-0.25, -0.2) is 0 Å². The Morgan fingerprint density at radius 2 is 1.06 bits per heavy atom.